The molecule has 4 nitrogen and oxygen atoms in total. The summed E-state index contributed by atoms with van der Waals surface area (Å²) < 4.78 is 5.11. The van der Waals surface area contributed by atoms with Crippen molar-refractivity contribution in [2.24, 2.45) is 0 Å². The van der Waals surface area contributed by atoms with Crippen LogP contribution in [0.2, 0.25) is 0 Å². The normalized spacial score (nSPS) is 11.2. The van der Waals surface area contributed by atoms with Gasteiger partial charge in [0.05, 0.1) is 12.8 Å². The van der Waals surface area contributed by atoms with Crippen molar-refractivity contribution in [3.63, 3.8) is 0 Å². The summed E-state index contributed by atoms with van der Waals surface area (Å²) in [7, 11) is 1.60. The number of aromatic nitrogens is 1. The summed E-state index contributed by atoms with van der Waals surface area (Å²) in [6.07, 6.45) is 0. The number of benzene rings is 2. The molecule has 0 aliphatic rings. The minimum Gasteiger partial charge on any atom is -0.497 e. The Morgan fingerprint density at radius 1 is 1.04 bits per heavy atom. The second-order valence-electron chi connectivity index (χ2n) is 7.05. The van der Waals surface area contributed by atoms with Gasteiger partial charge in [0.2, 0.25) is 0 Å². The lowest BCUT2D eigenvalue weighted by atomic mass is 9.86. The first-order valence-electron chi connectivity index (χ1n) is 8.38. The van der Waals surface area contributed by atoms with E-state index in [1.165, 1.54) is 16.9 Å². The third-order valence-corrected chi connectivity index (χ3v) is 4.88. The molecule has 26 heavy (non-hydrogen) atoms. The van der Waals surface area contributed by atoms with Crippen molar-refractivity contribution < 1.29 is 9.53 Å². The van der Waals surface area contributed by atoms with E-state index in [1.54, 1.807) is 31.4 Å². The zero-order valence-electron chi connectivity index (χ0n) is 15.4. The highest BCUT2D eigenvalue weighted by atomic mass is 32.1. The first-order chi connectivity index (χ1) is 12.4. The topological polar surface area (TPSA) is 51.2 Å². The largest absolute Gasteiger partial charge is 0.497 e. The fourth-order valence-electron chi connectivity index (χ4n) is 2.52. The fraction of sp³-hybridized carbons (Fsp3) is 0.238. The van der Waals surface area contributed by atoms with Gasteiger partial charge in [-0.2, -0.15) is 0 Å². The Balaban J connectivity index is 1.72. The SMILES string of the molecule is COc1ccc(C(=O)Nc2nc(-c3ccc(C(C)(C)C)cc3)cs2)cc1. The molecular weight excluding hydrogens is 344 g/mol. The molecular formula is C21H22N2O2S. The van der Waals surface area contributed by atoms with Crippen LogP contribution in [0.1, 0.15) is 36.7 Å². The van der Waals surface area contributed by atoms with Gasteiger partial charge >= 0.3 is 0 Å². The van der Waals surface area contributed by atoms with Gasteiger partial charge in [0, 0.05) is 16.5 Å². The third kappa shape index (κ3) is 4.11. The summed E-state index contributed by atoms with van der Waals surface area (Å²) in [6, 6.07) is 15.4. The Morgan fingerprint density at radius 3 is 2.27 bits per heavy atom. The fourth-order valence-corrected chi connectivity index (χ4v) is 3.23. The third-order valence-electron chi connectivity index (χ3n) is 4.12. The number of carbonyl (C=O) groups excluding carboxylic acids is 1. The van der Waals surface area contributed by atoms with Crippen molar-refractivity contribution in [2.45, 2.75) is 26.2 Å². The average molecular weight is 366 g/mol. The Morgan fingerprint density at radius 2 is 1.69 bits per heavy atom. The van der Waals surface area contributed by atoms with Gasteiger partial charge in [-0.1, -0.05) is 45.0 Å². The van der Waals surface area contributed by atoms with Crippen LogP contribution in [0.3, 0.4) is 0 Å². The van der Waals surface area contributed by atoms with Crippen LogP contribution in [0.25, 0.3) is 11.3 Å². The van der Waals surface area contributed by atoms with Crippen molar-refractivity contribution in [1.29, 1.82) is 0 Å². The summed E-state index contributed by atoms with van der Waals surface area (Å²) >= 11 is 1.42. The molecule has 0 unspecified atom stereocenters. The molecule has 5 heteroatoms. The van der Waals surface area contributed by atoms with E-state index in [1.807, 2.05) is 5.38 Å². The second kappa shape index (κ2) is 7.30. The molecule has 134 valence electrons. The molecule has 3 rings (SSSR count). The van der Waals surface area contributed by atoms with Gasteiger partial charge in [-0.15, -0.1) is 11.3 Å². The van der Waals surface area contributed by atoms with E-state index in [-0.39, 0.29) is 11.3 Å². The molecule has 1 amide bonds. The van der Waals surface area contributed by atoms with Gasteiger partial charge in [0.15, 0.2) is 5.13 Å². The van der Waals surface area contributed by atoms with Crippen LogP contribution in [0, 0.1) is 0 Å². The van der Waals surface area contributed by atoms with E-state index in [2.05, 4.69) is 55.3 Å². The molecule has 1 heterocycles. The standard InChI is InChI=1S/C21H22N2O2S/c1-21(2,3)16-9-5-14(6-10-16)18-13-26-20(22-18)23-19(24)15-7-11-17(25-4)12-8-15/h5-13H,1-4H3,(H,22,23,24). The van der Waals surface area contributed by atoms with Gasteiger partial charge < -0.3 is 4.74 Å². The Labute approximate surface area is 157 Å². The predicted molar refractivity (Wildman–Crippen MR) is 107 cm³/mol. The molecule has 0 aliphatic carbocycles. The molecule has 0 saturated carbocycles. The average Bonchev–Trinajstić information content (AvgIpc) is 3.09. The Bertz CT molecular complexity index is 891. The predicted octanol–water partition coefficient (Wildman–Crippen LogP) is 5.37. The number of hydrogen-bond donors (Lipinski definition) is 1. The lowest BCUT2D eigenvalue weighted by Crippen LogP contribution is -2.11. The van der Waals surface area contributed by atoms with Gasteiger partial charge in [-0.05, 0) is 35.2 Å². The minimum absolute atomic E-state index is 0.123. The lowest BCUT2D eigenvalue weighted by Gasteiger charge is -2.18. The van der Waals surface area contributed by atoms with Gasteiger partial charge in [0.1, 0.15) is 5.75 Å². The van der Waals surface area contributed by atoms with Crippen molar-refractivity contribution in [3.05, 3.63) is 65.0 Å². The van der Waals surface area contributed by atoms with E-state index >= 15 is 0 Å². The van der Waals surface area contributed by atoms with E-state index in [4.69, 9.17) is 4.74 Å². The Hall–Kier alpha value is -2.66. The highest BCUT2D eigenvalue weighted by Gasteiger charge is 2.14. The van der Waals surface area contributed by atoms with Crippen molar-refractivity contribution in [2.75, 3.05) is 12.4 Å². The molecule has 0 saturated heterocycles. The van der Waals surface area contributed by atoms with E-state index in [0.29, 0.717) is 10.7 Å². The minimum atomic E-state index is -0.184. The number of hydrogen-bond acceptors (Lipinski definition) is 4. The zero-order chi connectivity index (χ0) is 18.7. The van der Waals surface area contributed by atoms with Crippen molar-refractivity contribution >= 4 is 22.4 Å². The maximum Gasteiger partial charge on any atom is 0.257 e. The van der Waals surface area contributed by atoms with Crippen molar-refractivity contribution in [3.8, 4) is 17.0 Å². The number of anilines is 1. The van der Waals surface area contributed by atoms with Gasteiger partial charge in [-0.25, -0.2) is 4.98 Å². The maximum absolute atomic E-state index is 12.3. The van der Waals surface area contributed by atoms with Crippen LogP contribution in [-0.2, 0) is 5.41 Å². The first-order valence-corrected chi connectivity index (χ1v) is 9.26. The molecule has 0 fully saturated rings. The van der Waals surface area contributed by atoms with E-state index in [0.717, 1.165) is 17.0 Å². The molecule has 3 aromatic rings. The number of thiazole rings is 1. The van der Waals surface area contributed by atoms with Crippen molar-refractivity contribution in [1.82, 2.24) is 4.98 Å². The van der Waals surface area contributed by atoms with Crippen LogP contribution in [-0.4, -0.2) is 18.0 Å². The molecule has 0 bridgehead atoms. The lowest BCUT2D eigenvalue weighted by molar-refractivity contribution is 0.102. The summed E-state index contributed by atoms with van der Waals surface area (Å²) in [5, 5.41) is 5.39. The second-order valence-corrected chi connectivity index (χ2v) is 7.91. The molecule has 1 N–H and O–H groups in total. The summed E-state index contributed by atoms with van der Waals surface area (Å²) in [6.45, 7) is 6.58. The van der Waals surface area contributed by atoms with Crippen LogP contribution in [0.5, 0.6) is 5.75 Å². The number of nitrogens with one attached hydrogen (secondary N) is 1. The number of nitrogens with zero attached hydrogens (tertiary/aromatic N) is 1. The summed E-state index contributed by atoms with van der Waals surface area (Å²) in [5.41, 5.74) is 3.87. The highest BCUT2D eigenvalue weighted by Crippen LogP contribution is 2.28. The number of amides is 1. The number of carbonyl (C=O) groups is 1. The molecule has 1 aromatic heterocycles. The summed E-state index contributed by atoms with van der Waals surface area (Å²) in [4.78, 5) is 16.9. The quantitative estimate of drug-likeness (QED) is 0.675. The molecule has 0 atom stereocenters. The van der Waals surface area contributed by atoms with Gasteiger partial charge in [0.25, 0.3) is 5.91 Å². The summed E-state index contributed by atoms with van der Waals surface area (Å²) in [5.74, 6) is 0.536. The van der Waals surface area contributed by atoms with E-state index in [9.17, 15) is 4.79 Å². The van der Waals surface area contributed by atoms with Crippen LogP contribution < -0.4 is 10.1 Å². The molecule has 0 spiro atoms. The Kier molecular flexibility index (Phi) is 5.09. The van der Waals surface area contributed by atoms with Crippen LogP contribution >= 0.6 is 11.3 Å². The number of rotatable bonds is 4. The number of ether oxygens (including phenoxy) is 1. The monoisotopic (exact) mass is 366 g/mol. The maximum atomic E-state index is 12.3. The van der Waals surface area contributed by atoms with Crippen LogP contribution in [0.15, 0.2) is 53.9 Å². The number of methoxy groups -OCH3 is 1. The first kappa shape index (κ1) is 18.1. The molecule has 0 radical (unpaired) electrons. The van der Waals surface area contributed by atoms with Gasteiger partial charge in [-0.3, -0.25) is 10.1 Å². The van der Waals surface area contributed by atoms with Crippen LogP contribution in [0.4, 0.5) is 5.13 Å². The zero-order valence-corrected chi connectivity index (χ0v) is 16.2. The highest BCUT2D eigenvalue weighted by molar-refractivity contribution is 7.14. The molecule has 2 aromatic carbocycles. The molecule has 0 aliphatic heterocycles. The van der Waals surface area contributed by atoms with E-state index < -0.39 is 0 Å². The smallest absolute Gasteiger partial charge is 0.257 e.